The highest BCUT2D eigenvalue weighted by molar-refractivity contribution is 7.04. The SMILES string of the molecule is C[Si]1(C)c2ccccc2-c2c1ccc(-c1nc(-c3ccccc3)nc(-c3ccc(Cc4ccccc4)c(-c4c(Cc5ccccc5)cccc4-c4ccccc4)c3)n1)c2-c1ccccc1. The fraction of sp³-hybridized carbons (Fsp3) is 0.0656. The van der Waals surface area contributed by atoms with Gasteiger partial charge < -0.3 is 0 Å². The quantitative estimate of drug-likeness (QED) is 0.129. The Morgan fingerprint density at radius 3 is 1.49 bits per heavy atom. The maximum absolute atomic E-state index is 5.51. The van der Waals surface area contributed by atoms with Gasteiger partial charge in [0.15, 0.2) is 17.5 Å². The number of hydrogen-bond donors (Lipinski definition) is 0. The van der Waals surface area contributed by atoms with E-state index < -0.39 is 8.07 Å². The van der Waals surface area contributed by atoms with Gasteiger partial charge in [0, 0.05) is 22.3 Å². The molecule has 0 atom stereocenters. The summed E-state index contributed by atoms with van der Waals surface area (Å²) in [5.41, 5.74) is 17.6. The lowest BCUT2D eigenvalue weighted by Gasteiger charge is -2.21. The Morgan fingerprint density at radius 1 is 0.308 bits per heavy atom. The Bertz CT molecular complexity index is 3310. The van der Waals surface area contributed by atoms with E-state index in [1.54, 1.807) is 0 Å². The van der Waals surface area contributed by atoms with Gasteiger partial charge in [-0.05, 0) is 90.5 Å². The second-order valence-corrected chi connectivity index (χ2v) is 21.8. The average Bonchev–Trinajstić information content (AvgIpc) is 3.60. The molecule has 4 heteroatoms. The number of benzene rings is 9. The van der Waals surface area contributed by atoms with Crippen molar-refractivity contribution in [1.29, 1.82) is 0 Å². The first kappa shape index (κ1) is 40.0. The molecule has 0 amide bonds. The van der Waals surface area contributed by atoms with Gasteiger partial charge in [-0.3, -0.25) is 0 Å². The summed E-state index contributed by atoms with van der Waals surface area (Å²) in [5, 5.41) is 2.91. The third-order valence-corrected chi connectivity index (χ3v) is 16.6. The largest absolute Gasteiger partial charge is 0.208 e. The molecule has 1 aliphatic heterocycles. The second-order valence-electron chi connectivity index (χ2n) is 17.5. The zero-order valence-electron chi connectivity index (χ0n) is 36.6. The summed E-state index contributed by atoms with van der Waals surface area (Å²) < 4.78 is 0. The zero-order valence-corrected chi connectivity index (χ0v) is 37.6. The van der Waals surface area contributed by atoms with Crippen LogP contribution in [-0.2, 0) is 12.8 Å². The Morgan fingerprint density at radius 2 is 0.831 bits per heavy atom. The molecule has 10 aromatic rings. The smallest absolute Gasteiger partial charge is 0.164 e. The van der Waals surface area contributed by atoms with Crippen LogP contribution in [0.5, 0.6) is 0 Å². The fourth-order valence-corrected chi connectivity index (χ4v) is 13.0. The van der Waals surface area contributed by atoms with Gasteiger partial charge in [-0.25, -0.2) is 15.0 Å². The molecular formula is C61H47N3Si. The van der Waals surface area contributed by atoms with Crippen LogP contribution in [0.25, 0.3) is 78.7 Å². The normalized spacial score (nSPS) is 12.4. The predicted octanol–water partition coefficient (Wildman–Crippen LogP) is 13.9. The summed E-state index contributed by atoms with van der Waals surface area (Å²) >= 11 is 0. The van der Waals surface area contributed by atoms with Crippen molar-refractivity contribution in [3.63, 3.8) is 0 Å². The summed E-state index contributed by atoms with van der Waals surface area (Å²) in [6, 6.07) is 80.8. The number of nitrogens with zero attached hydrogens (tertiary/aromatic N) is 3. The summed E-state index contributed by atoms with van der Waals surface area (Å²) in [4.78, 5) is 16.2. The summed E-state index contributed by atoms with van der Waals surface area (Å²) in [5.74, 6) is 1.94. The van der Waals surface area contributed by atoms with Crippen molar-refractivity contribution in [3.8, 4) is 78.7 Å². The minimum absolute atomic E-state index is 0.637. The first-order chi connectivity index (χ1) is 32.0. The summed E-state index contributed by atoms with van der Waals surface area (Å²) in [6.07, 6.45) is 1.57. The fourth-order valence-electron chi connectivity index (χ4n) is 9.89. The first-order valence-electron chi connectivity index (χ1n) is 22.5. The molecule has 1 aromatic heterocycles. The van der Waals surface area contributed by atoms with Crippen LogP contribution < -0.4 is 10.4 Å². The van der Waals surface area contributed by atoms with Gasteiger partial charge in [0.25, 0.3) is 0 Å². The predicted molar refractivity (Wildman–Crippen MR) is 273 cm³/mol. The van der Waals surface area contributed by atoms with Crippen LogP contribution in [0.3, 0.4) is 0 Å². The molecule has 0 saturated carbocycles. The van der Waals surface area contributed by atoms with E-state index in [1.165, 1.54) is 71.6 Å². The van der Waals surface area contributed by atoms with Crippen molar-refractivity contribution in [2.45, 2.75) is 25.9 Å². The van der Waals surface area contributed by atoms with Gasteiger partial charge >= 0.3 is 0 Å². The van der Waals surface area contributed by atoms with Gasteiger partial charge in [0.1, 0.15) is 8.07 Å². The monoisotopic (exact) mass is 849 g/mol. The van der Waals surface area contributed by atoms with Crippen LogP contribution >= 0.6 is 0 Å². The maximum atomic E-state index is 5.51. The van der Waals surface area contributed by atoms with Crippen molar-refractivity contribution in [2.24, 2.45) is 0 Å². The van der Waals surface area contributed by atoms with E-state index in [0.29, 0.717) is 17.5 Å². The van der Waals surface area contributed by atoms with Crippen LogP contribution in [0.15, 0.2) is 224 Å². The van der Waals surface area contributed by atoms with Crippen molar-refractivity contribution in [2.75, 3.05) is 0 Å². The third kappa shape index (κ3) is 7.62. The van der Waals surface area contributed by atoms with E-state index >= 15 is 0 Å². The van der Waals surface area contributed by atoms with Crippen LogP contribution in [0.1, 0.15) is 22.3 Å². The molecule has 0 saturated heterocycles. The molecule has 0 bridgehead atoms. The van der Waals surface area contributed by atoms with Gasteiger partial charge in [-0.15, -0.1) is 0 Å². The second kappa shape index (κ2) is 17.1. The molecule has 9 aromatic carbocycles. The molecule has 65 heavy (non-hydrogen) atoms. The topological polar surface area (TPSA) is 38.7 Å². The molecular weight excluding hydrogens is 803 g/mol. The Kier molecular flexibility index (Phi) is 10.5. The van der Waals surface area contributed by atoms with Gasteiger partial charge in [0.05, 0.1) is 0 Å². The van der Waals surface area contributed by atoms with Crippen molar-refractivity contribution in [3.05, 3.63) is 247 Å². The zero-order chi connectivity index (χ0) is 43.7. The lowest BCUT2D eigenvalue weighted by molar-refractivity contribution is 1.07. The minimum Gasteiger partial charge on any atom is -0.208 e. The van der Waals surface area contributed by atoms with E-state index in [0.717, 1.165) is 35.1 Å². The lowest BCUT2D eigenvalue weighted by atomic mass is 9.84. The lowest BCUT2D eigenvalue weighted by Crippen LogP contribution is -2.49. The van der Waals surface area contributed by atoms with E-state index in [9.17, 15) is 0 Å². The molecule has 310 valence electrons. The number of fused-ring (bicyclic) bond motifs is 3. The summed E-state index contributed by atoms with van der Waals surface area (Å²) in [6.45, 7) is 4.95. The van der Waals surface area contributed by atoms with Crippen molar-refractivity contribution < 1.29 is 0 Å². The minimum atomic E-state index is -1.98. The molecule has 3 nitrogen and oxygen atoms in total. The standard InChI is InChI=1S/C61H47N3Si/c1-65(2)54-34-19-18-32-51(54)58-55(65)38-37-52(57(58)45-27-14-6-15-28-45)61-63-59(46-29-16-7-17-30-46)62-60(64-61)49-36-35-47(39-42-21-8-3-9-22-42)53(41-49)56-48(40-43-23-10-4-11-24-43)31-20-33-50(56)44-25-12-5-13-26-44/h3-38,41H,39-40H2,1-2H3. The van der Waals surface area contributed by atoms with E-state index in [4.69, 9.17) is 15.0 Å². The highest BCUT2D eigenvalue weighted by atomic mass is 28.3. The molecule has 2 heterocycles. The van der Waals surface area contributed by atoms with Crippen LogP contribution in [0.4, 0.5) is 0 Å². The highest BCUT2D eigenvalue weighted by Crippen LogP contribution is 2.44. The van der Waals surface area contributed by atoms with Crippen molar-refractivity contribution in [1.82, 2.24) is 15.0 Å². The van der Waals surface area contributed by atoms with Gasteiger partial charge in [-0.2, -0.15) is 0 Å². The average molecular weight is 850 g/mol. The van der Waals surface area contributed by atoms with Gasteiger partial charge in [0.2, 0.25) is 0 Å². The first-order valence-corrected chi connectivity index (χ1v) is 25.5. The third-order valence-electron chi connectivity index (χ3n) is 13.1. The molecule has 0 aliphatic carbocycles. The number of rotatable bonds is 10. The Hall–Kier alpha value is -7.79. The maximum Gasteiger partial charge on any atom is 0.164 e. The van der Waals surface area contributed by atoms with Crippen molar-refractivity contribution >= 4 is 18.4 Å². The summed E-state index contributed by atoms with van der Waals surface area (Å²) in [7, 11) is -1.98. The van der Waals surface area contributed by atoms with E-state index in [1.807, 2.05) is 6.07 Å². The van der Waals surface area contributed by atoms with Gasteiger partial charge in [-0.1, -0.05) is 231 Å². The van der Waals surface area contributed by atoms with E-state index in [-0.39, 0.29) is 0 Å². The molecule has 0 spiro atoms. The number of aromatic nitrogens is 3. The molecule has 1 aliphatic rings. The molecule has 0 fully saturated rings. The highest BCUT2D eigenvalue weighted by Gasteiger charge is 2.39. The molecule has 0 unspecified atom stereocenters. The molecule has 0 radical (unpaired) electrons. The molecule has 11 rings (SSSR count). The Labute approximate surface area is 382 Å². The van der Waals surface area contributed by atoms with Crippen LogP contribution in [0.2, 0.25) is 13.1 Å². The number of hydrogen-bond acceptors (Lipinski definition) is 3. The van der Waals surface area contributed by atoms with Crippen LogP contribution in [0, 0.1) is 0 Å². The molecule has 0 N–H and O–H groups in total. The van der Waals surface area contributed by atoms with Crippen LogP contribution in [-0.4, -0.2) is 23.0 Å². The Balaban J connectivity index is 1.17. The van der Waals surface area contributed by atoms with E-state index in [2.05, 4.69) is 231 Å².